The van der Waals surface area contributed by atoms with Crippen LogP contribution in [-0.2, 0) is 0 Å². The van der Waals surface area contributed by atoms with Crippen LogP contribution in [0.3, 0.4) is 0 Å². The van der Waals surface area contributed by atoms with Crippen LogP contribution in [0, 0.1) is 0 Å². The fourth-order valence-corrected chi connectivity index (χ4v) is 6.65. The van der Waals surface area contributed by atoms with Crippen LogP contribution in [0.15, 0.2) is 170 Å². The molecule has 0 nitrogen and oxygen atoms in total. The maximum Gasteiger partial charge on any atom is 0.0629 e. The van der Waals surface area contributed by atoms with E-state index >= 15 is 0 Å². The number of hydrogen-bond acceptors (Lipinski definition) is 0. The summed E-state index contributed by atoms with van der Waals surface area (Å²) in [6.07, 6.45) is 0. The van der Waals surface area contributed by atoms with E-state index in [0.717, 1.165) is 43.4 Å². The highest BCUT2D eigenvalue weighted by molar-refractivity contribution is 6.26. The van der Waals surface area contributed by atoms with Gasteiger partial charge in [0.1, 0.15) is 0 Å². The lowest BCUT2D eigenvalue weighted by Gasteiger charge is -2.20. The molecule has 44 heavy (non-hydrogen) atoms. The van der Waals surface area contributed by atoms with Gasteiger partial charge in [-0.25, -0.2) is 0 Å². The molecule has 0 spiro atoms. The van der Waals surface area contributed by atoms with Gasteiger partial charge in [0.05, 0.1) is 11.0 Å². The molecule has 0 radical (unpaired) electrons. The summed E-state index contributed by atoms with van der Waals surface area (Å²) in [6.45, 7) is 0. The zero-order chi connectivity index (χ0) is 36.0. The van der Waals surface area contributed by atoms with E-state index in [2.05, 4.69) is 18.2 Å². The molecule has 9 rings (SSSR count). The first-order valence-corrected chi connectivity index (χ1v) is 14.6. The molecular formula is C44H28. The first-order valence-electron chi connectivity index (χ1n) is 18.6. The maximum atomic E-state index is 9.41. The Hall–Kier alpha value is -5.72. The summed E-state index contributed by atoms with van der Waals surface area (Å²) in [7, 11) is 0. The van der Waals surface area contributed by atoms with Gasteiger partial charge in [0.2, 0.25) is 0 Å². The Morgan fingerprint density at radius 3 is 1.61 bits per heavy atom. The number of fused-ring (bicyclic) bond motifs is 6. The van der Waals surface area contributed by atoms with Crippen molar-refractivity contribution < 1.29 is 11.0 Å². The van der Waals surface area contributed by atoms with Crippen molar-refractivity contribution in [3.8, 4) is 33.4 Å². The molecule has 0 atom stereocenters. The zero-order valence-corrected chi connectivity index (χ0v) is 23.5. The molecule has 0 unspecified atom stereocenters. The van der Waals surface area contributed by atoms with E-state index in [9.17, 15) is 5.48 Å². The van der Waals surface area contributed by atoms with Gasteiger partial charge in [0.25, 0.3) is 0 Å². The molecule has 0 aliphatic rings. The second kappa shape index (κ2) is 9.93. The number of rotatable bonds is 3. The molecule has 0 aliphatic heterocycles. The van der Waals surface area contributed by atoms with Gasteiger partial charge in [-0.2, -0.15) is 0 Å². The lowest BCUT2D eigenvalue weighted by atomic mass is 9.83. The summed E-state index contributed by atoms with van der Waals surface area (Å²) >= 11 is 0. The van der Waals surface area contributed by atoms with Gasteiger partial charge in [-0.1, -0.05) is 151 Å². The quantitative estimate of drug-likeness (QED) is 0.148. The Balaban J connectivity index is 1.53. The highest BCUT2D eigenvalue weighted by Crippen LogP contribution is 2.47. The molecule has 9 aromatic carbocycles. The standard InChI is InChI=1S/C44H28/c1-2-12-29(13-3-1)32-23-24-33-28-42(36-17-7-6-16-35(36)41(33)27-32)44-39-20-10-8-18-37(39)43(38-19-9-11-21-40(38)44)34-25-22-30-14-4-5-15-31(30)26-34/h1-28H/i8D,9D,10D,11D,18D,19D,20D,21D. The average molecular weight is 565 g/mol. The van der Waals surface area contributed by atoms with Crippen molar-refractivity contribution in [1.29, 1.82) is 0 Å². The Morgan fingerprint density at radius 1 is 0.318 bits per heavy atom. The molecule has 204 valence electrons. The van der Waals surface area contributed by atoms with E-state index in [4.69, 9.17) is 5.48 Å². The zero-order valence-electron chi connectivity index (χ0n) is 31.5. The Labute approximate surface area is 267 Å². The van der Waals surface area contributed by atoms with Crippen LogP contribution in [-0.4, -0.2) is 0 Å². The normalized spacial score (nSPS) is 14.2. The number of benzene rings is 9. The first kappa shape index (κ1) is 18.1. The molecule has 0 amide bonds. The molecule has 0 N–H and O–H groups in total. The molecule has 0 aliphatic carbocycles. The molecule has 0 bridgehead atoms. The van der Waals surface area contributed by atoms with Gasteiger partial charge in [0, 0.05) is 0 Å². The largest absolute Gasteiger partial charge is 0.0629 e. The fraction of sp³-hybridized carbons (Fsp3) is 0. The topological polar surface area (TPSA) is 0 Å². The third-order valence-corrected chi connectivity index (χ3v) is 8.65. The van der Waals surface area contributed by atoms with Crippen LogP contribution < -0.4 is 0 Å². The van der Waals surface area contributed by atoms with Crippen LogP contribution in [0.1, 0.15) is 11.0 Å². The van der Waals surface area contributed by atoms with Crippen molar-refractivity contribution >= 4 is 53.9 Å². The smallest absolute Gasteiger partial charge is 0.0622 e. The molecule has 0 fully saturated rings. The summed E-state index contributed by atoms with van der Waals surface area (Å²) in [4.78, 5) is 0. The van der Waals surface area contributed by atoms with Crippen molar-refractivity contribution in [2.45, 2.75) is 0 Å². The van der Waals surface area contributed by atoms with E-state index in [0.29, 0.717) is 22.3 Å². The molecular weight excluding hydrogens is 528 g/mol. The molecule has 9 aromatic rings. The van der Waals surface area contributed by atoms with Crippen molar-refractivity contribution in [2.75, 3.05) is 0 Å². The van der Waals surface area contributed by atoms with Crippen LogP contribution >= 0.6 is 0 Å². The summed E-state index contributed by atoms with van der Waals surface area (Å²) < 4.78 is 72.8. The highest BCUT2D eigenvalue weighted by Gasteiger charge is 2.19. The van der Waals surface area contributed by atoms with Crippen molar-refractivity contribution in [3.63, 3.8) is 0 Å². The van der Waals surface area contributed by atoms with Gasteiger partial charge >= 0.3 is 0 Å². The van der Waals surface area contributed by atoms with E-state index < -0.39 is 24.2 Å². The lowest BCUT2D eigenvalue weighted by molar-refractivity contribution is 1.65. The van der Waals surface area contributed by atoms with Crippen LogP contribution in [0.2, 0.25) is 0 Å². The lowest BCUT2D eigenvalue weighted by Crippen LogP contribution is -1.92. The van der Waals surface area contributed by atoms with Gasteiger partial charge in [-0.3, -0.25) is 0 Å². The SMILES string of the molecule is [2H]c1c([2H])c([2H])c2c(-c3cc4ccc(-c5ccccc5)cc4c4ccccc34)c3c([2H])c([2H])c([2H])c([2H])c3c(-c3ccc4ccccc4c3)c2c1[2H]. The second-order valence-electron chi connectivity index (χ2n) is 11.1. The third kappa shape index (κ3) is 3.85. The van der Waals surface area contributed by atoms with Crippen LogP contribution in [0.25, 0.3) is 87.2 Å². The average Bonchev–Trinajstić information content (AvgIpc) is 3.19. The number of hydrogen-bond donors (Lipinski definition) is 0. The van der Waals surface area contributed by atoms with E-state index in [1.807, 2.05) is 103 Å². The molecule has 0 heteroatoms. The van der Waals surface area contributed by atoms with E-state index in [1.165, 1.54) is 0 Å². The minimum Gasteiger partial charge on any atom is -0.0622 e. The first-order chi connectivity index (χ1) is 25.2. The predicted molar refractivity (Wildman–Crippen MR) is 190 cm³/mol. The highest BCUT2D eigenvalue weighted by atomic mass is 14.2. The van der Waals surface area contributed by atoms with Gasteiger partial charge in [0.15, 0.2) is 0 Å². The van der Waals surface area contributed by atoms with Crippen LogP contribution in [0.4, 0.5) is 0 Å². The summed E-state index contributed by atoms with van der Waals surface area (Å²) in [5.41, 5.74) is 4.02. The van der Waals surface area contributed by atoms with Crippen molar-refractivity contribution in [1.82, 2.24) is 0 Å². The Bertz CT molecular complexity index is 2910. The minimum atomic E-state index is -0.416. The molecule has 0 saturated carbocycles. The fourth-order valence-electron chi connectivity index (χ4n) is 6.65. The maximum absolute atomic E-state index is 9.41. The van der Waals surface area contributed by atoms with Crippen LogP contribution in [0.5, 0.6) is 0 Å². The van der Waals surface area contributed by atoms with Gasteiger partial charge in [-0.05, 0) is 105 Å². The molecule has 0 heterocycles. The van der Waals surface area contributed by atoms with Gasteiger partial charge < -0.3 is 0 Å². The summed E-state index contributed by atoms with van der Waals surface area (Å²) in [6, 6.07) is 36.9. The Kier molecular flexibility index (Phi) is 4.08. The predicted octanol–water partition coefficient (Wildman–Crippen LogP) is 12.5. The monoisotopic (exact) mass is 564 g/mol. The minimum absolute atomic E-state index is 0.206. The van der Waals surface area contributed by atoms with E-state index in [1.54, 1.807) is 0 Å². The van der Waals surface area contributed by atoms with Crippen molar-refractivity contribution in [2.24, 2.45) is 0 Å². The molecule has 0 aromatic heterocycles. The summed E-state index contributed by atoms with van der Waals surface area (Å²) in [5.74, 6) is 0. The van der Waals surface area contributed by atoms with Gasteiger partial charge in [-0.15, -0.1) is 0 Å². The molecule has 0 saturated heterocycles. The summed E-state index contributed by atoms with van der Waals surface area (Å²) in [5, 5.41) is 6.26. The Morgan fingerprint density at radius 2 is 0.886 bits per heavy atom. The van der Waals surface area contributed by atoms with Crippen molar-refractivity contribution in [3.05, 3.63) is 170 Å². The van der Waals surface area contributed by atoms with E-state index in [-0.39, 0.29) is 45.7 Å². The third-order valence-electron chi connectivity index (χ3n) is 8.65. The second-order valence-corrected chi connectivity index (χ2v) is 11.1.